The van der Waals surface area contributed by atoms with Crippen molar-refractivity contribution in [2.24, 2.45) is 5.92 Å². The largest absolute Gasteiger partial charge is 0.391 e. The number of nitrogens with one attached hydrogen (secondary N) is 1. The van der Waals surface area contributed by atoms with E-state index in [-0.39, 0.29) is 11.9 Å². The second kappa shape index (κ2) is 6.35. The minimum Gasteiger partial charge on any atom is -0.391 e. The van der Waals surface area contributed by atoms with Gasteiger partial charge in [0.25, 0.3) is 0 Å². The van der Waals surface area contributed by atoms with Crippen molar-refractivity contribution >= 4 is 5.69 Å². The van der Waals surface area contributed by atoms with Gasteiger partial charge in [-0.2, -0.15) is 0 Å². The van der Waals surface area contributed by atoms with Gasteiger partial charge < -0.3 is 15.3 Å². The number of benzene rings is 1. The van der Waals surface area contributed by atoms with Crippen LogP contribution >= 0.6 is 0 Å². The molecule has 0 aliphatic carbocycles. The summed E-state index contributed by atoms with van der Waals surface area (Å²) >= 11 is 0. The lowest BCUT2D eigenvalue weighted by atomic mass is 10.1. The molecule has 106 valence electrons. The van der Waals surface area contributed by atoms with Crippen LogP contribution in [-0.2, 0) is 6.54 Å². The fourth-order valence-electron chi connectivity index (χ4n) is 2.50. The molecule has 0 spiro atoms. The number of para-hydroxylation sites is 1. The van der Waals surface area contributed by atoms with Crippen molar-refractivity contribution in [3.05, 3.63) is 29.6 Å². The highest BCUT2D eigenvalue weighted by Gasteiger charge is 2.24. The first-order valence-electron chi connectivity index (χ1n) is 6.99. The van der Waals surface area contributed by atoms with E-state index in [0.29, 0.717) is 31.1 Å². The first kappa shape index (κ1) is 14.3. The summed E-state index contributed by atoms with van der Waals surface area (Å²) in [6, 6.07) is 5.19. The molecule has 0 radical (unpaired) electrons. The lowest BCUT2D eigenvalue weighted by Crippen LogP contribution is -2.26. The van der Waals surface area contributed by atoms with Crippen LogP contribution in [0.4, 0.5) is 10.1 Å². The Labute approximate surface area is 114 Å². The Bertz CT molecular complexity index is 423. The molecular formula is C15H23FN2O. The molecule has 1 aromatic rings. The van der Waals surface area contributed by atoms with Gasteiger partial charge in [0, 0.05) is 19.6 Å². The number of halogens is 1. The molecule has 1 aliphatic heterocycles. The van der Waals surface area contributed by atoms with Crippen molar-refractivity contribution in [1.82, 2.24) is 5.32 Å². The third kappa shape index (κ3) is 3.67. The van der Waals surface area contributed by atoms with Gasteiger partial charge in [-0.3, -0.25) is 0 Å². The van der Waals surface area contributed by atoms with Crippen LogP contribution < -0.4 is 10.2 Å². The molecule has 0 bridgehead atoms. The monoisotopic (exact) mass is 266 g/mol. The predicted octanol–water partition coefficient (Wildman–Crippen LogP) is 2.14. The summed E-state index contributed by atoms with van der Waals surface area (Å²) in [4.78, 5) is 1.95. The van der Waals surface area contributed by atoms with Crippen molar-refractivity contribution in [2.75, 3.05) is 24.5 Å². The molecule has 1 fully saturated rings. The number of aliphatic hydroxyl groups excluding tert-OH is 1. The molecule has 19 heavy (non-hydrogen) atoms. The predicted molar refractivity (Wildman–Crippen MR) is 75.8 cm³/mol. The summed E-state index contributed by atoms with van der Waals surface area (Å²) in [5.74, 6) is 0.378. The fraction of sp³-hybridized carbons (Fsp3) is 0.600. The summed E-state index contributed by atoms with van der Waals surface area (Å²) in [5.41, 5.74) is 1.62. The normalized spacial score (nSPS) is 19.4. The first-order chi connectivity index (χ1) is 9.08. The van der Waals surface area contributed by atoms with E-state index in [0.717, 1.165) is 18.7 Å². The highest BCUT2D eigenvalue weighted by Crippen LogP contribution is 2.28. The molecule has 1 heterocycles. The van der Waals surface area contributed by atoms with Crippen molar-refractivity contribution in [3.8, 4) is 0 Å². The SMILES string of the molecule is CC(C)CNCc1cccc(F)c1N1CCC(O)C1. The fourth-order valence-corrected chi connectivity index (χ4v) is 2.50. The van der Waals surface area contributed by atoms with Crippen LogP contribution in [0, 0.1) is 11.7 Å². The maximum absolute atomic E-state index is 14.1. The number of hydrogen-bond donors (Lipinski definition) is 2. The van der Waals surface area contributed by atoms with Crippen LogP contribution in [0.3, 0.4) is 0 Å². The Balaban J connectivity index is 2.11. The summed E-state index contributed by atoms with van der Waals surface area (Å²) in [7, 11) is 0. The summed E-state index contributed by atoms with van der Waals surface area (Å²) in [5, 5.41) is 13.0. The summed E-state index contributed by atoms with van der Waals surface area (Å²) in [6.45, 7) is 7.13. The van der Waals surface area contributed by atoms with Crippen LogP contribution in [0.5, 0.6) is 0 Å². The second-order valence-corrected chi connectivity index (χ2v) is 5.66. The second-order valence-electron chi connectivity index (χ2n) is 5.66. The van der Waals surface area contributed by atoms with E-state index in [9.17, 15) is 9.50 Å². The molecule has 1 aromatic carbocycles. The van der Waals surface area contributed by atoms with Gasteiger partial charge in [-0.1, -0.05) is 26.0 Å². The Morgan fingerprint density at radius 2 is 2.26 bits per heavy atom. The zero-order chi connectivity index (χ0) is 13.8. The van der Waals surface area contributed by atoms with Gasteiger partial charge in [0.2, 0.25) is 0 Å². The van der Waals surface area contributed by atoms with Gasteiger partial charge in [0.05, 0.1) is 11.8 Å². The standard InChI is InChI=1S/C15H23FN2O/c1-11(2)8-17-9-12-4-3-5-14(16)15(12)18-7-6-13(19)10-18/h3-5,11,13,17,19H,6-10H2,1-2H3. The van der Waals surface area contributed by atoms with E-state index in [2.05, 4.69) is 19.2 Å². The van der Waals surface area contributed by atoms with E-state index < -0.39 is 0 Å². The number of aliphatic hydroxyl groups is 1. The third-order valence-electron chi connectivity index (χ3n) is 3.42. The van der Waals surface area contributed by atoms with Gasteiger partial charge >= 0.3 is 0 Å². The quantitative estimate of drug-likeness (QED) is 0.857. The smallest absolute Gasteiger partial charge is 0.146 e. The molecule has 4 heteroatoms. The molecule has 1 aliphatic rings. The van der Waals surface area contributed by atoms with Crippen LogP contribution in [-0.4, -0.2) is 30.8 Å². The average Bonchev–Trinajstić information content (AvgIpc) is 2.75. The summed E-state index contributed by atoms with van der Waals surface area (Å²) < 4.78 is 14.1. The number of rotatable bonds is 5. The number of nitrogens with zero attached hydrogens (tertiary/aromatic N) is 1. The van der Waals surface area contributed by atoms with Gasteiger partial charge in [0.1, 0.15) is 5.82 Å². The van der Waals surface area contributed by atoms with Gasteiger partial charge in [-0.25, -0.2) is 4.39 Å². The number of β-amino-alcohol motifs (C(OH)–C–C–N with tert-alkyl or cyclic N) is 1. The van der Waals surface area contributed by atoms with Gasteiger partial charge in [0.15, 0.2) is 0 Å². The highest BCUT2D eigenvalue weighted by atomic mass is 19.1. The molecular weight excluding hydrogens is 243 g/mol. The highest BCUT2D eigenvalue weighted by molar-refractivity contribution is 5.55. The van der Waals surface area contributed by atoms with E-state index in [4.69, 9.17) is 0 Å². The molecule has 1 unspecified atom stereocenters. The first-order valence-corrected chi connectivity index (χ1v) is 6.99. The third-order valence-corrected chi connectivity index (χ3v) is 3.42. The zero-order valence-corrected chi connectivity index (χ0v) is 11.7. The van der Waals surface area contributed by atoms with Crippen molar-refractivity contribution in [2.45, 2.75) is 32.9 Å². The van der Waals surface area contributed by atoms with Crippen LogP contribution in [0.25, 0.3) is 0 Å². The molecule has 1 saturated heterocycles. The molecule has 2 rings (SSSR count). The molecule has 0 aromatic heterocycles. The van der Waals surface area contributed by atoms with Gasteiger partial charge in [-0.05, 0) is 30.5 Å². The Kier molecular flexibility index (Phi) is 4.77. The Morgan fingerprint density at radius 3 is 2.89 bits per heavy atom. The lowest BCUT2D eigenvalue weighted by Gasteiger charge is -2.22. The topological polar surface area (TPSA) is 35.5 Å². The van der Waals surface area contributed by atoms with E-state index in [1.54, 1.807) is 6.07 Å². The van der Waals surface area contributed by atoms with E-state index in [1.807, 2.05) is 11.0 Å². The van der Waals surface area contributed by atoms with Gasteiger partial charge in [-0.15, -0.1) is 0 Å². The average molecular weight is 266 g/mol. The van der Waals surface area contributed by atoms with Crippen molar-refractivity contribution in [3.63, 3.8) is 0 Å². The lowest BCUT2D eigenvalue weighted by molar-refractivity contribution is 0.198. The number of anilines is 1. The van der Waals surface area contributed by atoms with Crippen molar-refractivity contribution < 1.29 is 9.50 Å². The Hall–Kier alpha value is -1.13. The summed E-state index contributed by atoms with van der Waals surface area (Å²) in [6.07, 6.45) is 0.379. The molecule has 0 amide bonds. The molecule has 2 N–H and O–H groups in total. The maximum Gasteiger partial charge on any atom is 0.146 e. The van der Waals surface area contributed by atoms with Crippen LogP contribution in [0.2, 0.25) is 0 Å². The maximum atomic E-state index is 14.1. The minimum atomic E-state index is -0.337. The van der Waals surface area contributed by atoms with E-state index >= 15 is 0 Å². The minimum absolute atomic E-state index is 0.196. The van der Waals surface area contributed by atoms with Crippen LogP contribution in [0.15, 0.2) is 18.2 Å². The molecule has 3 nitrogen and oxygen atoms in total. The van der Waals surface area contributed by atoms with E-state index in [1.165, 1.54) is 6.07 Å². The molecule has 1 atom stereocenters. The Morgan fingerprint density at radius 1 is 1.47 bits per heavy atom. The zero-order valence-electron chi connectivity index (χ0n) is 11.7. The van der Waals surface area contributed by atoms with Crippen LogP contribution in [0.1, 0.15) is 25.8 Å². The van der Waals surface area contributed by atoms with Crippen molar-refractivity contribution in [1.29, 1.82) is 0 Å². The number of hydrogen-bond acceptors (Lipinski definition) is 3. The molecule has 0 saturated carbocycles.